The van der Waals surface area contributed by atoms with Crippen LogP contribution in [0.3, 0.4) is 0 Å². The molecular weight excluding hydrogens is 387 g/mol. The fraction of sp³-hybridized carbons (Fsp3) is 0.263. The molecule has 1 aromatic carbocycles. The zero-order valence-electron chi connectivity index (χ0n) is 15.6. The Bertz CT molecular complexity index is 1050. The third-order valence-corrected chi connectivity index (χ3v) is 4.62. The fourth-order valence-corrected chi connectivity index (χ4v) is 3.33. The molecule has 3 heterocycles. The molecule has 2 aromatic heterocycles. The molecule has 0 spiro atoms. The van der Waals surface area contributed by atoms with Gasteiger partial charge in [0.2, 0.25) is 0 Å². The van der Waals surface area contributed by atoms with Gasteiger partial charge in [-0.2, -0.15) is 5.10 Å². The Balaban J connectivity index is 1.76. The fourth-order valence-electron chi connectivity index (χ4n) is 3.33. The maximum atomic E-state index is 12.4. The van der Waals surface area contributed by atoms with E-state index in [9.17, 15) is 18.3 Å². The third-order valence-electron chi connectivity index (χ3n) is 4.62. The van der Waals surface area contributed by atoms with Crippen LogP contribution < -0.4 is 9.64 Å². The number of ether oxygens (including phenoxy) is 1. The average Bonchev–Trinajstić information content (AvgIpc) is 3.28. The number of alkyl halides is 3. The van der Waals surface area contributed by atoms with Crippen molar-refractivity contribution in [3.8, 4) is 5.75 Å². The molecule has 29 heavy (non-hydrogen) atoms. The molecule has 1 aliphatic heterocycles. The average molecular weight is 405 g/mol. The van der Waals surface area contributed by atoms with Crippen molar-refractivity contribution in [1.29, 1.82) is 0 Å². The first-order valence-electron chi connectivity index (χ1n) is 8.85. The van der Waals surface area contributed by atoms with Crippen LogP contribution in [-0.2, 0) is 13.6 Å². The number of aryl methyl sites for hydroxylation is 2. The van der Waals surface area contributed by atoms with E-state index in [4.69, 9.17) is 0 Å². The van der Waals surface area contributed by atoms with Crippen molar-refractivity contribution in [2.24, 2.45) is 7.05 Å². The summed E-state index contributed by atoms with van der Waals surface area (Å²) in [4.78, 5) is 5.91. The predicted octanol–water partition coefficient (Wildman–Crippen LogP) is 3.44. The number of aromatic nitrogens is 4. The number of nitrogens with zero attached hydrogens (tertiary/aromatic N) is 5. The van der Waals surface area contributed by atoms with E-state index in [-0.39, 0.29) is 5.75 Å². The molecule has 7 nitrogen and oxygen atoms in total. The van der Waals surface area contributed by atoms with E-state index in [0.717, 1.165) is 16.8 Å². The lowest BCUT2D eigenvalue weighted by atomic mass is 10.0. The number of benzene rings is 1. The minimum absolute atomic E-state index is 0.333. The summed E-state index contributed by atoms with van der Waals surface area (Å²) >= 11 is 0. The van der Waals surface area contributed by atoms with Crippen LogP contribution in [0.25, 0.3) is 5.57 Å². The van der Waals surface area contributed by atoms with Crippen molar-refractivity contribution in [2.75, 3.05) is 4.90 Å². The Morgan fingerprint density at radius 2 is 1.93 bits per heavy atom. The summed E-state index contributed by atoms with van der Waals surface area (Å²) in [6.45, 7) is 2.64. The van der Waals surface area contributed by atoms with Crippen LogP contribution in [0.2, 0.25) is 0 Å². The standard InChI is InChI=1S/C19H18F3N5O2/c1-3-26-11-23-16-17(26)15(12-8-24-25(2)9-12)10-27(18(16)28)13-4-6-14(7-5-13)29-19(20,21)22/h4-11,18,28H,3H2,1-2H3. The molecule has 0 saturated heterocycles. The number of hydrogen-bond donors (Lipinski definition) is 1. The van der Waals surface area contributed by atoms with Crippen molar-refractivity contribution >= 4 is 11.3 Å². The molecule has 4 rings (SSSR count). The first-order chi connectivity index (χ1) is 13.8. The molecule has 152 valence electrons. The zero-order valence-corrected chi connectivity index (χ0v) is 15.6. The van der Waals surface area contributed by atoms with Crippen molar-refractivity contribution < 1.29 is 23.0 Å². The normalized spacial score (nSPS) is 16.6. The Hall–Kier alpha value is -3.27. The van der Waals surface area contributed by atoms with E-state index < -0.39 is 12.6 Å². The van der Waals surface area contributed by atoms with E-state index in [2.05, 4.69) is 14.8 Å². The molecule has 0 amide bonds. The maximum Gasteiger partial charge on any atom is 0.573 e. The Morgan fingerprint density at radius 1 is 1.21 bits per heavy atom. The topological polar surface area (TPSA) is 68.3 Å². The summed E-state index contributed by atoms with van der Waals surface area (Å²) < 4.78 is 44.7. The summed E-state index contributed by atoms with van der Waals surface area (Å²) in [5.74, 6) is -0.333. The number of aliphatic hydroxyl groups excluding tert-OH is 1. The highest BCUT2D eigenvalue weighted by molar-refractivity contribution is 5.83. The van der Waals surface area contributed by atoms with Gasteiger partial charge in [0.1, 0.15) is 11.4 Å². The van der Waals surface area contributed by atoms with E-state index >= 15 is 0 Å². The Labute approximate surface area is 164 Å². The number of imidazole rings is 1. The Morgan fingerprint density at radius 3 is 2.52 bits per heavy atom. The van der Waals surface area contributed by atoms with Gasteiger partial charge in [0.05, 0.1) is 18.2 Å². The lowest BCUT2D eigenvalue weighted by Crippen LogP contribution is -2.28. The van der Waals surface area contributed by atoms with Crippen molar-refractivity contribution in [3.05, 3.63) is 66.1 Å². The third kappa shape index (κ3) is 3.58. The van der Waals surface area contributed by atoms with Gasteiger partial charge in [-0.3, -0.25) is 4.68 Å². The van der Waals surface area contributed by atoms with Crippen molar-refractivity contribution in [3.63, 3.8) is 0 Å². The van der Waals surface area contributed by atoms with Gasteiger partial charge in [0.25, 0.3) is 0 Å². The SMILES string of the molecule is CCn1cnc2c1C(c1cnn(C)c1)=CN(c1ccc(OC(F)(F)F)cc1)C2O. The summed E-state index contributed by atoms with van der Waals surface area (Å²) in [6.07, 6.45) is 1.10. The minimum atomic E-state index is -4.76. The monoisotopic (exact) mass is 405 g/mol. The van der Waals surface area contributed by atoms with Crippen LogP contribution in [0.1, 0.15) is 30.1 Å². The summed E-state index contributed by atoms with van der Waals surface area (Å²) in [5, 5.41) is 15.1. The second-order valence-electron chi connectivity index (χ2n) is 6.53. The number of anilines is 1. The van der Waals surface area contributed by atoms with Gasteiger partial charge in [0.15, 0.2) is 6.23 Å². The highest BCUT2D eigenvalue weighted by Crippen LogP contribution is 2.39. The number of fused-ring (bicyclic) bond motifs is 1. The summed E-state index contributed by atoms with van der Waals surface area (Å²) in [7, 11) is 1.80. The largest absolute Gasteiger partial charge is 0.573 e. The van der Waals surface area contributed by atoms with Crippen LogP contribution in [0, 0.1) is 0 Å². The quantitative estimate of drug-likeness (QED) is 0.720. The maximum absolute atomic E-state index is 12.4. The molecule has 0 saturated carbocycles. The van der Waals surface area contributed by atoms with Crippen LogP contribution >= 0.6 is 0 Å². The zero-order chi connectivity index (χ0) is 20.8. The number of halogens is 3. The molecular formula is C19H18F3N5O2. The van der Waals surface area contributed by atoms with Gasteiger partial charge >= 0.3 is 6.36 Å². The first-order valence-corrected chi connectivity index (χ1v) is 8.85. The molecule has 1 aliphatic rings. The summed E-state index contributed by atoms with van der Waals surface area (Å²) in [6, 6.07) is 5.30. The molecule has 1 N–H and O–H groups in total. The van der Waals surface area contributed by atoms with Gasteiger partial charge in [-0.15, -0.1) is 13.2 Å². The van der Waals surface area contributed by atoms with Crippen molar-refractivity contribution in [2.45, 2.75) is 26.1 Å². The minimum Gasteiger partial charge on any atom is -0.406 e. The molecule has 3 aromatic rings. The molecule has 10 heteroatoms. The highest BCUT2D eigenvalue weighted by atomic mass is 19.4. The highest BCUT2D eigenvalue weighted by Gasteiger charge is 2.33. The van der Waals surface area contributed by atoms with E-state index in [1.165, 1.54) is 24.3 Å². The van der Waals surface area contributed by atoms with Gasteiger partial charge in [-0.25, -0.2) is 4.98 Å². The molecule has 0 aliphatic carbocycles. The summed E-state index contributed by atoms with van der Waals surface area (Å²) in [5.41, 5.74) is 3.36. The lowest BCUT2D eigenvalue weighted by Gasteiger charge is -2.32. The van der Waals surface area contributed by atoms with Gasteiger partial charge in [0, 0.05) is 42.8 Å². The van der Waals surface area contributed by atoms with E-state index in [1.54, 1.807) is 35.4 Å². The van der Waals surface area contributed by atoms with Gasteiger partial charge in [-0.1, -0.05) is 0 Å². The molecule has 1 atom stereocenters. The van der Waals surface area contributed by atoms with Gasteiger partial charge in [-0.05, 0) is 31.2 Å². The molecule has 0 radical (unpaired) electrons. The number of hydrogen-bond acceptors (Lipinski definition) is 5. The van der Waals surface area contributed by atoms with Crippen LogP contribution in [0.5, 0.6) is 5.75 Å². The smallest absolute Gasteiger partial charge is 0.406 e. The second kappa shape index (κ2) is 6.96. The molecule has 1 unspecified atom stereocenters. The van der Waals surface area contributed by atoms with Gasteiger partial charge < -0.3 is 19.3 Å². The lowest BCUT2D eigenvalue weighted by molar-refractivity contribution is -0.274. The van der Waals surface area contributed by atoms with Crippen LogP contribution in [0.15, 0.2) is 49.2 Å². The number of aliphatic hydroxyl groups is 1. The second-order valence-corrected chi connectivity index (χ2v) is 6.53. The Kier molecular flexibility index (Phi) is 4.58. The van der Waals surface area contributed by atoms with Crippen LogP contribution in [0.4, 0.5) is 18.9 Å². The van der Waals surface area contributed by atoms with Crippen LogP contribution in [-0.4, -0.2) is 30.8 Å². The molecule has 0 bridgehead atoms. The predicted molar refractivity (Wildman–Crippen MR) is 98.8 cm³/mol. The van der Waals surface area contributed by atoms with E-state index in [0.29, 0.717) is 17.9 Å². The molecule has 0 fully saturated rings. The van der Waals surface area contributed by atoms with Crippen molar-refractivity contribution in [1.82, 2.24) is 19.3 Å². The van der Waals surface area contributed by atoms with E-state index in [1.807, 2.05) is 17.7 Å². The first kappa shape index (κ1) is 19.1. The number of rotatable bonds is 4.